The number of amides is 1. The number of anilines is 1. The van der Waals surface area contributed by atoms with Crippen molar-refractivity contribution >= 4 is 69.9 Å². The van der Waals surface area contributed by atoms with Crippen molar-refractivity contribution in [3.8, 4) is 0 Å². The van der Waals surface area contributed by atoms with Crippen molar-refractivity contribution in [3.05, 3.63) is 59.8 Å². The average molecular weight is 423 g/mol. The fourth-order valence-corrected chi connectivity index (χ4v) is 2.43. The molecule has 1 aromatic heterocycles. The molecule has 0 atom stereocenters. The zero-order valence-electron chi connectivity index (χ0n) is 12.0. The lowest BCUT2D eigenvalue weighted by atomic mass is 10.2. The van der Waals surface area contributed by atoms with Crippen LogP contribution in [0.2, 0.25) is 20.2 Å². The predicted octanol–water partition coefficient (Wildman–Crippen LogP) is 3.95. The molecule has 0 aliphatic carbocycles. The lowest BCUT2D eigenvalue weighted by Crippen LogP contribution is -2.20. The smallest absolute Gasteiger partial charge is 0.291 e. The molecule has 130 valence electrons. The number of nitrogens with two attached hydrogens (primary N) is 1. The summed E-state index contributed by atoms with van der Waals surface area (Å²) in [4.78, 5) is 26.0. The first-order valence-electron chi connectivity index (χ1n) is 6.29. The van der Waals surface area contributed by atoms with E-state index >= 15 is 0 Å². The molecule has 0 bridgehead atoms. The maximum Gasteiger partial charge on any atom is 0.291 e. The number of nitrogens with zero attached hydrogens (tertiary/aromatic N) is 3. The van der Waals surface area contributed by atoms with Crippen molar-refractivity contribution in [2.24, 2.45) is 5.10 Å². The number of pyridine rings is 1. The Morgan fingerprint density at radius 1 is 1.28 bits per heavy atom. The molecule has 0 unspecified atom stereocenters. The standard InChI is InChI=1S/C13H7Cl4N5O3/c14-6-2-1-5(3-7(6)22(24)25)4-19-21-13(23)11-8(15)10(18)9(16)12(17)20-11/h1-4H,(H2,18,20)(H,21,23). The Labute approximate surface area is 160 Å². The van der Waals surface area contributed by atoms with Crippen LogP contribution in [0.3, 0.4) is 0 Å². The summed E-state index contributed by atoms with van der Waals surface area (Å²) in [6.45, 7) is 0. The minimum atomic E-state index is -0.796. The van der Waals surface area contributed by atoms with E-state index in [9.17, 15) is 14.9 Å². The molecule has 0 aliphatic rings. The van der Waals surface area contributed by atoms with Crippen LogP contribution in [0.5, 0.6) is 0 Å². The number of nitrogens with one attached hydrogen (secondary N) is 1. The summed E-state index contributed by atoms with van der Waals surface area (Å²) in [6.07, 6.45) is 1.18. The number of nitro benzene ring substituents is 1. The molecule has 1 aromatic carbocycles. The van der Waals surface area contributed by atoms with Crippen LogP contribution < -0.4 is 11.2 Å². The van der Waals surface area contributed by atoms with Gasteiger partial charge in [-0.1, -0.05) is 52.5 Å². The van der Waals surface area contributed by atoms with E-state index in [1.807, 2.05) is 0 Å². The summed E-state index contributed by atoms with van der Waals surface area (Å²) in [6, 6.07) is 4.01. The van der Waals surface area contributed by atoms with Crippen molar-refractivity contribution in [1.29, 1.82) is 0 Å². The van der Waals surface area contributed by atoms with Gasteiger partial charge in [0.1, 0.15) is 10.0 Å². The molecule has 0 saturated carbocycles. The SMILES string of the molecule is Nc1c(Cl)c(Cl)nc(C(=O)NN=Cc2ccc(Cl)c([N+](=O)[O-])c2)c1Cl. The molecule has 2 aromatic rings. The van der Waals surface area contributed by atoms with Gasteiger partial charge in [-0.15, -0.1) is 0 Å². The van der Waals surface area contributed by atoms with Gasteiger partial charge in [0.25, 0.3) is 11.6 Å². The molecule has 0 saturated heterocycles. The largest absolute Gasteiger partial charge is 0.396 e. The summed E-state index contributed by atoms with van der Waals surface area (Å²) in [5, 5.41) is 14.0. The van der Waals surface area contributed by atoms with E-state index in [0.29, 0.717) is 5.56 Å². The van der Waals surface area contributed by atoms with Gasteiger partial charge in [-0.05, 0) is 6.07 Å². The summed E-state index contributed by atoms with van der Waals surface area (Å²) in [5.74, 6) is -0.796. The number of halogens is 4. The van der Waals surface area contributed by atoms with Crippen LogP contribution in [0.15, 0.2) is 23.3 Å². The molecule has 25 heavy (non-hydrogen) atoms. The molecule has 2 rings (SSSR count). The van der Waals surface area contributed by atoms with E-state index in [-0.39, 0.29) is 37.3 Å². The minimum absolute atomic E-state index is 0.0200. The van der Waals surface area contributed by atoms with Crippen LogP contribution in [0.4, 0.5) is 11.4 Å². The number of benzene rings is 1. The highest BCUT2D eigenvalue weighted by atomic mass is 35.5. The first-order valence-corrected chi connectivity index (χ1v) is 7.81. The lowest BCUT2D eigenvalue weighted by molar-refractivity contribution is -0.384. The Morgan fingerprint density at radius 3 is 2.60 bits per heavy atom. The molecule has 1 amide bonds. The Morgan fingerprint density at radius 2 is 1.96 bits per heavy atom. The number of hydrazone groups is 1. The summed E-state index contributed by atoms with van der Waals surface area (Å²) in [5.41, 5.74) is 7.45. The molecule has 8 nitrogen and oxygen atoms in total. The Hall–Kier alpha value is -2.13. The maximum absolute atomic E-state index is 12.0. The first-order chi connectivity index (χ1) is 11.7. The van der Waals surface area contributed by atoms with Crippen LogP contribution >= 0.6 is 46.4 Å². The number of nitrogen functional groups attached to an aromatic ring is 1. The van der Waals surface area contributed by atoms with Gasteiger partial charge in [-0.25, -0.2) is 10.4 Å². The monoisotopic (exact) mass is 421 g/mol. The van der Waals surface area contributed by atoms with Gasteiger partial charge >= 0.3 is 0 Å². The van der Waals surface area contributed by atoms with E-state index in [1.165, 1.54) is 24.4 Å². The second-order valence-corrected chi connectivity index (χ2v) is 5.98. The summed E-state index contributed by atoms with van der Waals surface area (Å²) in [7, 11) is 0. The van der Waals surface area contributed by atoms with Gasteiger partial charge in [0.2, 0.25) is 0 Å². The van der Waals surface area contributed by atoms with E-state index in [0.717, 1.165) is 0 Å². The van der Waals surface area contributed by atoms with Crippen molar-refractivity contribution in [2.75, 3.05) is 5.73 Å². The normalized spacial score (nSPS) is 10.9. The van der Waals surface area contributed by atoms with Crippen molar-refractivity contribution < 1.29 is 9.72 Å². The Balaban J connectivity index is 2.19. The van der Waals surface area contributed by atoms with Gasteiger partial charge in [-0.3, -0.25) is 14.9 Å². The second kappa shape index (κ2) is 7.83. The second-order valence-electron chi connectivity index (χ2n) is 4.46. The highest BCUT2D eigenvalue weighted by Crippen LogP contribution is 2.34. The quantitative estimate of drug-likeness (QED) is 0.334. The third-order valence-corrected chi connectivity index (χ3v) is 4.29. The average Bonchev–Trinajstić information content (AvgIpc) is 2.57. The van der Waals surface area contributed by atoms with Gasteiger partial charge in [0.05, 0.1) is 21.8 Å². The highest BCUT2D eigenvalue weighted by Gasteiger charge is 2.19. The van der Waals surface area contributed by atoms with Gasteiger partial charge < -0.3 is 5.73 Å². The fraction of sp³-hybridized carbons (Fsp3) is 0. The third-order valence-electron chi connectivity index (χ3n) is 2.83. The van der Waals surface area contributed by atoms with Crippen molar-refractivity contribution in [3.63, 3.8) is 0 Å². The molecule has 1 heterocycles. The van der Waals surface area contributed by atoms with Crippen LogP contribution in [0, 0.1) is 10.1 Å². The lowest BCUT2D eigenvalue weighted by Gasteiger charge is -2.07. The zero-order chi connectivity index (χ0) is 18.7. The predicted molar refractivity (Wildman–Crippen MR) is 96.8 cm³/mol. The summed E-state index contributed by atoms with van der Waals surface area (Å²) >= 11 is 23.1. The number of carbonyl (C=O) groups excluding carboxylic acids is 1. The number of hydrogen-bond donors (Lipinski definition) is 2. The molecule has 0 fully saturated rings. The van der Waals surface area contributed by atoms with E-state index in [4.69, 9.17) is 52.1 Å². The zero-order valence-corrected chi connectivity index (χ0v) is 15.0. The number of rotatable bonds is 4. The van der Waals surface area contributed by atoms with E-state index in [1.54, 1.807) is 0 Å². The molecular weight excluding hydrogens is 416 g/mol. The topological polar surface area (TPSA) is 124 Å². The van der Waals surface area contributed by atoms with Crippen molar-refractivity contribution in [2.45, 2.75) is 0 Å². The van der Waals surface area contributed by atoms with Crippen LogP contribution in [0.1, 0.15) is 16.1 Å². The maximum atomic E-state index is 12.0. The summed E-state index contributed by atoms with van der Waals surface area (Å²) < 4.78 is 0. The van der Waals surface area contributed by atoms with E-state index in [2.05, 4.69) is 15.5 Å². The highest BCUT2D eigenvalue weighted by molar-refractivity contribution is 6.46. The molecule has 0 spiro atoms. The Bertz CT molecular complexity index is 904. The van der Waals surface area contributed by atoms with Gasteiger partial charge in [0.15, 0.2) is 10.8 Å². The molecule has 12 heteroatoms. The molecule has 3 N–H and O–H groups in total. The molecule has 0 aliphatic heterocycles. The van der Waals surface area contributed by atoms with E-state index < -0.39 is 10.8 Å². The minimum Gasteiger partial charge on any atom is -0.396 e. The van der Waals surface area contributed by atoms with Crippen LogP contribution in [-0.4, -0.2) is 22.0 Å². The first kappa shape index (κ1) is 19.2. The van der Waals surface area contributed by atoms with Crippen LogP contribution in [0.25, 0.3) is 0 Å². The van der Waals surface area contributed by atoms with Crippen molar-refractivity contribution in [1.82, 2.24) is 10.4 Å². The number of aromatic nitrogens is 1. The molecule has 0 radical (unpaired) electrons. The van der Waals surface area contributed by atoms with Gasteiger partial charge in [0, 0.05) is 11.6 Å². The number of carbonyl (C=O) groups is 1. The molecular formula is C13H7Cl4N5O3. The third kappa shape index (κ3) is 4.29. The Kier molecular flexibility index (Phi) is 6.02. The fourth-order valence-electron chi connectivity index (χ4n) is 1.65. The number of nitro groups is 1. The number of hydrogen-bond acceptors (Lipinski definition) is 6. The van der Waals surface area contributed by atoms with Gasteiger partial charge in [-0.2, -0.15) is 5.10 Å². The van der Waals surface area contributed by atoms with Crippen LogP contribution in [-0.2, 0) is 0 Å².